The average molecular weight is 319 g/mol. The molecule has 5 nitrogen and oxygen atoms in total. The maximum Gasteiger partial charge on any atom is 0.261 e. The molecule has 0 radical (unpaired) electrons. The van der Waals surface area contributed by atoms with Gasteiger partial charge in [-0.15, -0.1) is 11.3 Å². The molecule has 2 amide bonds. The first-order chi connectivity index (χ1) is 9.95. The van der Waals surface area contributed by atoms with Crippen LogP contribution in [-0.4, -0.2) is 38.4 Å². The zero-order chi connectivity index (χ0) is 15.0. The first-order valence-corrected chi connectivity index (χ1v) is 8.40. The molecule has 21 heavy (non-hydrogen) atoms. The van der Waals surface area contributed by atoms with E-state index in [2.05, 4.69) is 6.07 Å². The summed E-state index contributed by atoms with van der Waals surface area (Å²) in [7, 11) is 1.68. The van der Waals surface area contributed by atoms with Crippen LogP contribution in [0.5, 0.6) is 0 Å². The second-order valence-electron chi connectivity index (χ2n) is 5.81. The lowest BCUT2D eigenvalue weighted by atomic mass is 9.99. The van der Waals surface area contributed by atoms with Crippen LogP contribution in [0.3, 0.4) is 0 Å². The van der Waals surface area contributed by atoms with Gasteiger partial charge in [0, 0.05) is 18.3 Å². The topological polar surface area (TPSA) is 64.4 Å². The van der Waals surface area contributed by atoms with Crippen LogP contribution in [0.25, 0.3) is 0 Å². The van der Waals surface area contributed by atoms with Crippen molar-refractivity contribution in [2.24, 2.45) is 5.92 Å². The Balaban J connectivity index is 1.89. The van der Waals surface area contributed by atoms with Crippen LogP contribution >= 0.6 is 23.1 Å². The van der Waals surface area contributed by atoms with Crippen molar-refractivity contribution in [2.45, 2.75) is 29.1 Å². The summed E-state index contributed by atoms with van der Waals surface area (Å²) in [4.78, 5) is 28.1. The molecular weight excluding hydrogens is 306 g/mol. The number of piperazine rings is 1. The van der Waals surface area contributed by atoms with Crippen LogP contribution in [0, 0.1) is 17.2 Å². The maximum absolute atomic E-state index is 12.9. The first kappa shape index (κ1) is 13.2. The van der Waals surface area contributed by atoms with E-state index in [1.807, 2.05) is 17.5 Å². The van der Waals surface area contributed by atoms with Crippen LogP contribution in [0.1, 0.15) is 24.3 Å². The van der Waals surface area contributed by atoms with Gasteiger partial charge in [0.1, 0.15) is 0 Å². The zero-order valence-corrected chi connectivity index (χ0v) is 13.2. The molecule has 1 spiro atoms. The Morgan fingerprint density at radius 2 is 2.19 bits per heavy atom. The van der Waals surface area contributed by atoms with Crippen molar-refractivity contribution >= 4 is 34.9 Å². The highest BCUT2D eigenvalue weighted by atomic mass is 32.2. The second-order valence-corrected chi connectivity index (χ2v) is 8.46. The van der Waals surface area contributed by atoms with Crippen molar-refractivity contribution in [3.63, 3.8) is 0 Å². The number of carbonyl (C=O) groups excluding carboxylic acids is 2. The Kier molecular flexibility index (Phi) is 2.39. The SMILES string of the molecule is CN1C(=O)C23CC(C#N)[C@H](c4cccs4)N2C(=O)C1(C)S3. The average Bonchev–Trinajstić information content (AvgIpc) is 3.16. The smallest absolute Gasteiger partial charge is 0.261 e. The monoisotopic (exact) mass is 319 g/mol. The lowest BCUT2D eigenvalue weighted by Gasteiger charge is -2.38. The van der Waals surface area contributed by atoms with Gasteiger partial charge in [-0.2, -0.15) is 5.26 Å². The molecule has 2 bridgehead atoms. The van der Waals surface area contributed by atoms with E-state index in [0.29, 0.717) is 6.42 Å². The Labute approximate surface area is 130 Å². The summed E-state index contributed by atoms with van der Waals surface area (Å²) in [6, 6.07) is 5.87. The number of hydrogen-bond donors (Lipinski definition) is 0. The Morgan fingerprint density at radius 3 is 2.81 bits per heavy atom. The molecule has 4 rings (SSSR count). The highest BCUT2D eigenvalue weighted by molar-refractivity contribution is 8.04. The lowest BCUT2D eigenvalue weighted by Crippen LogP contribution is -2.60. The van der Waals surface area contributed by atoms with Crippen LogP contribution in [0.2, 0.25) is 0 Å². The molecule has 3 unspecified atom stereocenters. The molecule has 4 atom stereocenters. The van der Waals surface area contributed by atoms with Gasteiger partial charge in [0.25, 0.3) is 11.8 Å². The number of hydrogen-bond acceptors (Lipinski definition) is 5. The summed E-state index contributed by atoms with van der Waals surface area (Å²) in [5.74, 6) is -0.431. The van der Waals surface area contributed by atoms with Gasteiger partial charge in [-0.3, -0.25) is 9.59 Å². The second kappa shape index (κ2) is 3.81. The van der Waals surface area contributed by atoms with Gasteiger partial charge in [0.05, 0.1) is 18.0 Å². The normalized spacial score (nSPS) is 40.8. The number of nitriles is 1. The fraction of sp³-hybridized carbons (Fsp3) is 0.500. The van der Waals surface area contributed by atoms with Crippen molar-refractivity contribution in [1.29, 1.82) is 5.26 Å². The predicted molar refractivity (Wildman–Crippen MR) is 79.1 cm³/mol. The predicted octanol–water partition coefficient (Wildman–Crippen LogP) is 1.79. The summed E-state index contributed by atoms with van der Waals surface area (Å²) in [5, 5.41) is 11.4. The van der Waals surface area contributed by atoms with E-state index in [1.54, 1.807) is 23.8 Å². The summed E-state index contributed by atoms with van der Waals surface area (Å²) in [5.41, 5.74) is 0. The first-order valence-electron chi connectivity index (χ1n) is 6.71. The third kappa shape index (κ3) is 1.29. The molecule has 0 aromatic carbocycles. The molecule has 0 aliphatic carbocycles. The number of amides is 2. The van der Waals surface area contributed by atoms with E-state index in [0.717, 1.165) is 4.88 Å². The summed E-state index contributed by atoms with van der Waals surface area (Å²) >= 11 is 2.94. The largest absolute Gasteiger partial charge is 0.320 e. The third-order valence-corrected chi connectivity index (χ3v) is 7.47. The molecule has 3 aliphatic rings. The Morgan fingerprint density at radius 1 is 1.43 bits per heavy atom. The summed E-state index contributed by atoms with van der Waals surface area (Å²) < 4.78 is 0. The molecule has 1 aromatic heterocycles. The van der Waals surface area contributed by atoms with Crippen molar-refractivity contribution in [3.05, 3.63) is 22.4 Å². The zero-order valence-electron chi connectivity index (χ0n) is 11.6. The summed E-state index contributed by atoms with van der Waals surface area (Å²) in [6.07, 6.45) is 0.418. The third-order valence-electron chi connectivity index (χ3n) is 4.81. The number of carbonyl (C=O) groups is 2. The molecule has 3 saturated heterocycles. The molecular formula is C14H13N3O2S2. The quantitative estimate of drug-likeness (QED) is 0.792. The number of fused-ring (bicyclic) bond motifs is 1. The van der Waals surface area contributed by atoms with E-state index in [-0.39, 0.29) is 23.8 Å². The van der Waals surface area contributed by atoms with Crippen LogP contribution < -0.4 is 0 Å². The summed E-state index contributed by atoms with van der Waals surface area (Å²) in [6.45, 7) is 1.80. The molecule has 0 N–H and O–H groups in total. The minimum absolute atomic E-state index is 0.0473. The minimum atomic E-state index is -0.879. The van der Waals surface area contributed by atoms with E-state index in [4.69, 9.17) is 0 Å². The highest BCUT2D eigenvalue weighted by Gasteiger charge is 2.76. The molecule has 3 aliphatic heterocycles. The number of nitrogens with zero attached hydrogens (tertiary/aromatic N) is 3. The van der Waals surface area contributed by atoms with Crippen LogP contribution in [-0.2, 0) is 9.59 Å². The molecule has 4 heterocycles. The fourth-order valence-electron chi connectivity index (χ4n) is 3.69. The minimum Gasteiger partial charge on any atom is -0.320 e. The van der Waals surface area contributed by atoms with Gasteiger partial charge in [-0.25, -0.2) is 0 Å². The number of rotatable bonds is 1. The van der Waals surface area contributed by atoms with E-state index in [1.165, 1.54) is 23.1 Å². The molecule has 7 heteroatoms. The van der Waals surface area contributed by atoms with E-state index < -0.39 is 9.74 Å². The maximum atomic E-state index is 12.9. The van der Waals surface area contributed by atoms with Crippen molar-refractivity contribution in [2.75, 3.05) is 7.05 Å². The highest BCUT2D eigenvalue weighted by Crippen LogP contribution is 2.66. The standard InChI is InChI=1S/C14H13N3O2S2/c1-13-11(18)17-10(9-4-3-5-20-9)8(7-15)6-14(17,21-13)12(19)16(13)2/h3-5,8,10H,6H2,1-2H3/t8?,10-,13?,14?/m1/s1. The Bertz CT molecular complexity index is 698. The van der Waals surface area contributed by atoms with Gasteiger partial charge in [0.15, 0.2) is 9.74 Å². The lowest BCUT2D eigenvalue weighted by molar-refractivity contribution is -0.159. The Hall–Kier alpha value is -1.52. The number of thiophene rings is 1. The van der Waals surface area contributed by atoms with Crippen molar-refractivity contribution in [1.82, 2.24) is 9.80 Å². The van der Waals surface area contributed by atoms with Gasteiger partial charge in [0.2, 0.25) is 0 Å². The van der Waals surface area contributed by atoms with Gasteiger partial charge in [-0.05, 0) is 18.4 Å². The van der Waals surface area contributed by atoms with Gasteiger partial charge < -0.3 is 9.80 Å². The fourth-order valence-corrected chi connectivity index (χ4v) is 6.42. The van der Waals surface area contributed by atoms with Gasteiger partial charge >= 0.3 is 0 Å². The number of likely N-dealkylation sites (N-methyl/N-ethyl adjacent to an activating group) is 1. The van der Waals surface area contributed by atoms with E-state index >= 15 is 0 Å². The van der Waals surface area contributed by atoms with Crippen LogP contribution in [0.15, 0.2) is 17.5 Å². The number of thioether (sulfide) groups is 1. The van der Waals surface area contributed by atoms with Crippen LogP contribution in [0.4, 0.5) is 0 Å². The van der Waals surface area contributed by atoms with Gasteiger partial charge in [-0.1, -0.05) is 17.8 Å². The molecule has 3 fully saturated rings. The molecule has 108 valence electrons. The van der Waals surface area contributed by atoms with Crippen molar-refractivity contribution in [3.8, 4) is 6.07 Å². The molecule has 0 saturated carbocycles. The van der Waals surface area contributed by atoms with Crippen molar-refractivity contribution < 1.29 is 9.59 Å². The molecule has 1 aromatic rings. The van der Waals surface area contributed by atoms with E-state index in [9.17, 15) is 14.9 Å².